The summed E-state index contributed by atoms with van der Waals surface area (Å²) in [5.41, 5.74) is 1.30. The fraction of sp³-hybridized carbons (Fsp3) is 0.538. The van der Waals surface area contributed by atoms with Crippen LogP contribution in [-0.4, -0.2) is 18.8 Å². The van der Waals surface area contributed by atoms with Crippen molar-refractivity contribution < 1.29 is 9.84 Å². The normalized spacial score (nSPS) is 12.5. The van der Waals surface area contributed by atoms with E-state index >= 15 is 0 Å². The Hall–Kier alpha value is -1.02. The van der Waals surface area contributed by atoms with Gasteiger partial charge in [-0.05, 0) is 36.5 Å². The lowest BCUT2D eigenvalue weighted by Crippen LogP contribution is -2.01. The van der Waals surface area contributed by atoms with Crippen molar-refractivity contribution in [1.82, 2.24) is 0 Å². The second-order valence-corrected chi connectivity index (χ2v) is 3.77. The third kappa shape index (κ3) is 3.56. The summed E-state index contributed by atoms with van der Waals surface area (Å²) in [6, 6.07) is 8.15. The molecule has 1 aromatic rings. The molecular weight excluding hydrogens is 188 g/mol. The molecule has 1 aromatic carbocycles. The van der Waals surface area contributed by atoms with Crippen LogP contribution >= 0.6 is 0 Å². The average Bonchev–Trinajstić information content (AvgIpc) is 2.29. The van der Waals surface area contributed by atoms with Crippen molar-refractivity contribution in [3.8, 4) is 5.75 Å². The van der Waals surface area contributed by atoms with Crippen molar-refractivity contribution >= 4 is 0 Å². The lowest BCUT2D eigenvalue weighted by molar-refractivity contribution is 0.272. The third-order valence-electron chi connectivity index (χ3n) is 2.70. The van der Waals surface area contributed by atoms with E-state index in [0.29, 0.717) is 5.92 Å². The van der Waals surface area contributed by atoms with Crippen molar-refractivity contribution in [2.75, 3.05) is 13.7 Å². The van der Waals surface area contributed by atoms with Crippen LogP contribution in [0.1, 0.15) is 37.7 Å². The van der Waals surface area contributed by atoms with Crippen molar-refractivity contribution in [1.29, 1.82) is 0 Å². The first kappa shape index (κ1) is 12.1. The van der Waals surface area contributed by atoms with Crippen LogP contribution in [0.4, 0.5) is 0 Å². The molecule has 1 N–H and O–H groups in total. The monoisotopic (exact) mass is 208 g/mol. The van der Waals surface area contributed by atoms with Crippen LogP contribution in [0.15, 0.2) is 24.3 Å². The summed E-state index contributed by atoms with van der Waals surface area (Å²) in [4.78, 5) is 0. The standard InChI is InChI=1S/C13H20O2/c1-3-4-11(9-10-14)12-5-7-13(15-2)8-6-12/h5-8,11,14H,3-4,9-10H2,1-2H3. The molecule has 0 aliphatic carbocycles. The number of hydrogen-bond donors (Lipinski definition) is 1. The minimum atomic E-state index is 0.261. The smallest absolute Gasteiger partial charge is 0.118 e. The number of aliphatic hydroxyl groups excluding tert-OH is 1. The summed E-state index contributed by atoms with van der Waals surface area (Å²) in [6.45, 7) is 2.44. The maximum absolute atomic E-state index is 9.00. The van der Waals surface area contributed by atoms with E-state index in [-0.39, 0.29) is 6.61 Å². The van der Waals surface area contributed by atoms with E-state index in [1.807, 2.05) is 12.1 Å². The van der Waals surface area contributed by atoms with Crippen molar-refractivity contribution in [3.63, 3.8) is 0 Å². The molecule has 0 aliphatic heterocycles. The molecule has 2 nitrogen and oxygen atoms in total. The zero-order valence-electron chi connectivity index (χ0n) is 9.57. The van der Waals surface area contributed by atoms with E-state index in [1.54, 1.807) is 7.11 Å². The summed E-state index contributed by atoms with van der Waals surface area (Å²) in [6.07, 6.45) is 3.13. The fourth-order valence-electron chi connectivity index (χ4n) is 1.86. The summed E-state index contributed by atoms with van der Waals surface area (Å²) in [7, 11) is 1.67. The molecule has 84 valence electrons. The molecule has 0 radical (unpaired) electrons. The van der Waals surface area contributed by atoms with Gasteiger partial charge in [-0.1, -0.05) is 25.5 Å². The maximum atomic E-state index is 9.00. The van der Waals surface area contributed by atoms with Crippen LogP contribution in [0, 0.1) is 0 Å². The first-order valence-corrected chi connectivity index (χ1v) is 5.56. The van der Waals surface area contributed by atoms with E-state index in [2.05, 4.69) is 19.1 Å². The van der Waals surface area contributed by atoms with Crippen LogP contribution in [0.5, 0.6) is 5.75 Å². The van der Waals surface area contributed by atoms with E-state index in [9.17, 15) is 0 Å². The van der Waals surface area contributed by atoms with Crippen LogP contribution in [0.25, 0.3) is 0 Å². The number of benzene rings is 1. The minimum Gasteiger partial charge on any atom is -0.497 e. The highest BCUT2D eigenvalue weighted by molar-refractivity contribution is 5.29. The van der Waals surface area contributed by atoms with E-state index in [1.165, 1.54) is 5.56 Å². The van der Waals surface area contributed by atoms with Crippen LogP contribution < -0.4 is 4.74 Å². The lowest BCUT2D eigenvalue weighted by atomic mass is 9.92. The van der Waals surface area contributed by atoms with Crippen LogP contribution in [-0.2, 0) is 0 Å². The number of rotatable bonds is 6. The first-order chi connectivity index (χ1) is 7.31. The van der Waals surface area contributed by atoms with E-state index in [0.717, 1.165) is 25.0 Å². The molecule has 15 heavy (non-hydrogen) atoms. The van der Waals surface area contributed by atoms with Crippen molar-refractivity contribution in [2.24, 2.45) is 0 Å². The third-order valence-corrected chi connectivity index (χ3v) is 2.70. The molecular formula is C13H20O2. The molecule has 0 bridgehead atoms. The second-order valence-electron chi connectivity index (χ2n) is 3.77. The number of ether oxygens (including phenoxy) is 1. The van der Waals surface area contributed by atoms with Gasteiger partial charge in [0.05, 0.1) is 7.11 Å². The highest BCUT2D eigenvalue weighted by Crippen LogP contribution is 2.26. The Morgan fingerprint density at radius 2 is 1.87 bits per heavy atom. The molecule has 1 atom stereocenters. The molecule has 0 aliphatic rings. The highest BCUT2D eigenvalue weighted by Gasteiger charge is 2.09. The Kier molecular flexibility index (Phi) is 5.19. The Labute approximate surface area is 91.9 Å². The minimum absolute atomic E-state index is 0.261. The summed E-state index contributed by atoms with van der Waals surface area (Å²) < 4.78 is 5.12. The Morgan fingerprint density at radius 1 is 1.20 bits per heavy atom. The second kappa shape index (κ2) is 6.46. The largest absolute Gasteiger partial charge is 0.497 e. The molecule has 1 rings (SSSR count). The Morgan fingerprint density at radius 3 is 2.33 bits per heavy atom. The zero-order valence-corrected chi connectivity index (χ0v) is 9.57. The number of methoxy groups -OCH3 is 1. The molecule has 0 saturated carbocycles. The topological polar surface area (TPSA) is 29.5 Å². The Balaban J connectivity index is 2.72. The van der Waals surface area contributed by atoms with Crippen LogP contribution in [0.3, 0.4) is 0 Å². The van der Waals surface area contributed by atoms with Gasteiger partial charge in [0, 0.05) is 6.61 Å². The van der Waals surface area contributed by atoms with Gasteiger partial charge in [0.25, 0.3) is 0 Å². The molecule has 0 spiro atoms. The first-order valence-electron chi connectivity index (χ1n) is 5.56. The predicted molar refractivity (Wildman–Crippen MR) is 62.3 cm³/mol. The molecule has 0 saturated heterocycles. The molecule has 0 aromatic heterocycles. The van der Waals surface area contributed by atoms with E-state index < -0.39 is 0 Å². The summed E-state index contributed by atoms with van der Waals surface area (Å²) in [5.74, 6) is 1.36. The van der Waals surface area contributed by atoms with Gasteiger partial charge in [-0.2, -0.15) is 0 Å². The lowest BCUT2D eigenvalue weighted by Gasteiger charge is -2.15. The molecule has 0 fully saturated rings. The molecule has 1 unspecified atom stereocenters. The van der Waals surface area contributed by atoms with Crippen LogP contribution in [0.2, 0.25) is 0 Å². The van der Waals surface area contributed by atoms with E-state index in [4.69, 9.17) is 9.84 Å². The summed E-state index contributed by atoms with van der Waals surface area (Å²) in [5, 5.41) is 9.00. The van der Waals surface area contributed by atoms with Gasteiger partial charge < -0.3 is 9.84 Å². The average molecular weight is 208 g/mol. The van der Waals surface area contributed by atoms with Gasteiger partial charge in [-0.25, -0.2) is 0 Å². The van der Waals surface area contributed by atoms with Gasteiger partial charge in [0.2, 0.25) is 0 Å². The Bertz CT molecular complexity index is 260. The summed E-state index contributed by atoms with van der Waals surface area (Å²) >= 11 is 0. The van der Waals surface area contributed by atoms with Crippen molar-refractivity contribution in [2.45, 2.75) is 32.1 Å². The number of aliphatic hydroxyl groups is 1. The number of hydrogen-bond acceptors (Lipinski definition) is 2. The maximum Gasteiger partial charge on any atom is 0.118 e. The fourth-order valence-corrected chi connectivity index (χ4v) is 1.86. The predicted octanol–water partition coefficient (Wildman–Crippen LogP) is 2.96. The molecule has 0 amide bonds. The van der Waals surface area contributed by atoms with Gasteiger partial charge in [-0.15, -0.1) is 0 Å². The van der Waals surface area contributed by atoms with Gasteiger partial charge in [0.1, 0.15) is 5.75 Å². The van der Waals surface area contributed by atoms with Gasteiger partial charge in [-0.3, -0.25) is 0 Å². The van der Waals surface area contributed by atoms with Gasteiger partial charge in [0.15, 0.2) is 0 Å². The molecule has 0 heterocycles. The molecule has 2 heteroatoms. The van der Waals surface area contributed by atoms with Crippen molar-refractivity contribution in [3.05, 3.63) is 29.8 Å². The van der Waals surface area contributed by atoms with Gasteiger partial charge >= 0.3 is 0 Å². The zero-order chi connectivity index (χ0) is 11.1. The quantitative estimate of drug-likeness (QED) is 0.778. The highest BCUT2D eigenvalue weighted by atomic mass is 16.5. The SMILES string of the molecule is CCCC(CCO)c1ccc(OC)cc1.